The van der Waals surface area contributed by atoms with Gasteiger partial charge in [-0.2, -0.15) is 0 Å². The molecule has 0 spiro atoms. The molecule has 1 aromatic carbocycles. The van der Waals surface area contributed by atoms with Crippen molar-refractivity contribution in [2.24, 2.45) is 0 Å². The van der Waals surface area contributed by atoms with Crippen LogP contribution in [0.4, 0.5) is 4.79 Å². The van der Waals surface area contributed by atoms with E-state index < -0.39 is 23.6 Å². The zero-order valence-electron chi connectivity index (χ0n) is 12.9. The Morgan fingerprint density at radius 3 is 2.43 bits per heavy atom. The minimum Gasteiger partial charge on any atom is -0.478 e. The number of carboxylic acid groups (broad SMARTS) is 1. The highest BCUT2D eigenvalue weighted by molar-refractivity contribution is 6.00. The molecule has 0 aliphatic rings. The van der Waals surface area contributed by atoms with Crippen molar-refractivity contribution in [1.29, 1.82) is 0 Å². The van der Waals surface area contributed by atoms with Gasteiger partial charge in [0.25, 0.3) is 5.91 Å². The Balaban J connectivity index is 2.06. The number of aromatic nitrogens is 1. The standard InChI is InChI=1S/C15H17N3O5/c1-15(2,3)23-14(22)18-17-12(19)11-7-9-6-8(13(20)21)4-5-10(9)16-11/h4-7,16H,1-3H3,(H,17,19)(H,18,22)(H,20,21). The summed E-state index contributed by atoms with van der Waals surface area (Å²) in [6, 6.07) is 5.94. The molecule has 8 nitrogen and oxygen atoms in total. The smallest absolute Gasteiger partial charge is 0.426 e. The van der Waals surface area contributed by atoms with Crippen molar-refractivity contribution >= 4 is 28.9 Å². The van der Waals surface area contributed by atoms with E-state index >= 15 is 0 Å². The van der Waals surface area contributed by atoms with Gasteiger partial charge in [0.2, 0.25) is 0 Å². The van der Waals surface area contributed by atoms with Gasteiger partial charge in [-0.1, -0.05) is 0 Å². The monoisotopic (exact) mass is 319 g/mol. The zero-order chi connectivity index (χ0) is 17.2. The number of hydrogen-bond acceptors (Lipinski definition) is 4. The first-order valence-electron chi connectivity index (χ1n) is 6.81. The molecule has 122 valence electrons. The fourth-order valence-corrected chi connectivity index (χ4v) is 1.87. The van der Waals surface area contributed by atoms with Crippen LogP contribution in [0.3, 0.4) is 0 Å². The molecular weight excluding hydrogens is 302 g/mol. The molecular formula is C15H17N3O5. The van der Waals surface area contributed by atoms with Gasteiger partial charge in [0, 0.05) is 10.9 Å². The van der Waals surface area contributed by atoms with Gasteiger partial charge in [0.15, 0.2) is 0 Å². The van der Waals surface area contributed by atoms with Crippen molar-refractivity contribution in [3.05, 3.63) is 35.5 Å². The molecule has 2 amide bonds. The van der Waals surface area contributed by atoms with Crippen molar-refractivity contribution in [2.75, 3.05) is 0 Å². The highest BCUT2D eigenvalue weighted by atomic mass is 16.6. The molecule has 0 atom stereocenters. The highest BCUT2D eigenvalue weighted by Gasteiger charge is 2.17. The van der Waals surface area contributed by atoms with Crippen molar-refractivity contribution in [1.82, 2.24) is 15.8 Å². The van der Waals surface area contributed by atoms with Crippen LogP contribution in [-0.2, 0) is 4.74 Å². The van der Waals surface area contributed by atoms with Gasteiger partial charge in [-0.25, -0.2) is 15.0 Å². The summed E-state index contributed by atoms with van der Waals surface area (Å²) in [6.45, 7) is 5.10. The van der Waals surface area contributed by atoms with E-state index in [2.05, 4.69) is 15.8 Å². The number of aromatic carboxylic acids is 1. The van der Waals surface area contributed by atoms with Crippen LogP contribution in [-0.4, -0.2) is 33.7 Å². The van der Waals surface area contributed by atoms with Crippen molar-refractivity contribution in [3.63, 3.8) is 0 Å². The lowest BCUT2D eigenvalue weighted by molar-refractivity contribution is 0.0482. The molecule has 0 bridgehead atoms. The number of carbonyl (C=O) groups excluding carboxylic acids is 2. The van der Waals surface area contributed by atoms with Crippen LogP contribution in [0.15, 0.2) is 24.3 Å². The number of H-pyrrole nitrogens is 1. The summed E-state index contributed by atoms with van der Waals surface area (Å²) in [7, 11) is 0. The maximum atomic E-state index is 12.0. The van der Waals surface area contributed by atoms with Crippen LogP contribution < -0.4 is 10.9 Å². The van der Waals surface area contributed by atoms with Crippen LogP contribution in [0, 0.1) is 0 Å². The number of hydrazine groups is 1. The van der Waals surface area contributed by atoms with Crippen LogP contribution in [0.25, 0.3) is 10.9 Å². The molecule has 0 aliphatic carbocycles. The predicted molar refractivity (Wildman–Crippen MR) is 82.1 cm³/mol. The largest absolute Gasteiger partial charge is 0.478 e. The Morgan fingerprint density at radius 1 is 1.13 bits per heavy atom. The molecule has 0 saturated heterocycles. The molecule has 8 heteroatoms. The molecule has 0 aliphatic heterocycles. The van der Waals surface area contributed by atoms with E-state index in [1.807, 2.05) is 0 Å². The number of hydrogen-bond donors (Lipinski definition) is 4. The van der Waals surface area contributed by atoms with Crippen LogP contribution in [0.1, 0.15) is 41.6 Å². The Morgan fingerprint density at radius 2 is 1.83 bits per heavy atom. The topological polar surface area (TPSA) is 121 Å². The number of amides is 2. The summed E-state index contributed by atoms with van der Waals surface area (Å²) >= 11 is 0. The first kappa shape index (κ1) is 16.3. The van der Waals surface area contributed by atoms with Crippen LogP contribution in [0.2, 0.25) is 0 Å². The van der Waals surface area contributed by atoms with Gasteiger partial charge in [-0.05, 0) is 45.0 Å². The number of ether oxygens (including phenoxy) is 1. The lowest BCUT2D eigenvalue weighted by Crippen LogP contribution is -2.44. The second kappa shape index (κ2) is 5.99. The molecule has 0 saturated carbocycles. The van der Waals surface area contributed by atoms with E-state index in [0.29, 0.717) is 10.9 Å². The zero-order valence-corrected chi connectivity index (χ0v) is 12.9. The summed E-state index contributed by atoms with van der Waals surface area (Å²) in [6.07, 6.45) is -0.782. The van der Waals surface area contributed by atoms with E-state index in [-0.39, 0.29) is 11.3 Å². The molecule has 2 aromatic rings. The second-order valence-corrected chi connectivity index (χ2v) is 5.87. The summed E-state index contributed by atoms with van der Waals surface area (Å²) in [5.74, 6) is -1.63. The minimum atomic E-state index is -1.05. The lowest BCUT2D eigenvalue weighted by Gasteiger charge is -2.19. The summed E-state index contributed by atoms with van der Waals surface area (Å²) in [5, 5.41) is 9.52. The molecule has 0 fully saturated rings. The number of nitrogens with one attached hydrogen (secondary N) is 3. The molecule has 2 rings (SSSR count). The first-order valence-corrected chi connectivity index (χ1v) is 6.81. The van der Waals surface area contributed by atoms with Crippen LogP contribution >= 0.6 is 0 Å². The van der Waals surface area contributed by atoms with Crippen molar-refractivity contribution in [2.45, 2.75) is 26.4 Å². The number of carbonyl (C=O) groups is 3. The number of benzene rings is 1. The van der Waals surface area contributed by atoms with Crippen molar-refractivity contribution < 1.29 is 24.2 Å². The van der Waals surface area contributed by atoms with Gasteiger partial charge >= 0.3 is 12.1 Å². The third kappa shape index (κ3) is 4.22. The van der Waals surface area contributed by atoms with E-state index in [0.717, 1.165) is 0 Å². The minimum absolute atomic E-state index is 0.121. The Labute approximate surface area is 131 Å². The lowest BCUT2D eigenvalue weighted by atomic mass is 10.1. The fourth-order valence-electron chi connectivity index (χ4n) is 1.87. The molecule has 0 unspecified atom stereocenters. The average molecular weight is 319 g/mol. The number of aromatic amines is 1. The Kier molecular flexibility index (Phi) is 4.26. The van der Waals surface area contributed by atoms with Crippen molar-refractivity contribution in [3.8, 4) is 0 Å². The second-order valence-electron chi connectivity index (χ2n) is 5.87. The van der Waals surface area contributed by atoms with E-state index in [9.17, 15) is 14.4 Å². The number of carboxylic acids is 1. The Hall–Kier alpha value is -3.03. The van der Waals surface area contributed by atoms with Crippen LogP contribution in [0.5, 0.6) is 0 Å². The normalized spacial score (nSPS) is 11.1. The first-order chi connectivity index (χ1) is 10.7. The van der Waals surface area contributed by atoms with Gasteiger partial charge in [0.1, 0.15) is 11.3 Å². The molecule has 23 heavy (non-hydrogen) atoms. The SMILES string of the molecule is CC(C)(C)OC(=O)NNC(=O)c1cc2cc(C(=O)O)ccc2[nH]1. The quantitative estimate of drug-likeness (QED) is 0.631. The average Bonchev–Trinajstić information content (AvgIpc) is 2.85. The van der Waals surface area contributed by atoms with Gasteiger partial charge in [-0.15, -0.1) is 0 Å². The van der Waals surface area contributed by atoms with E-state index in [1.54, 1.807) is 26.8 Å². The molecule has 1 heterocycles. The van der Waals surface area contributed by atoms with E-state index in [4.69, 9.17) is 9.84 Å². The third-order valence-corrected chi connectivity index (χ3v) is 2.79. The fraction of sp³-hybridized carbons (Fsp3) is 0.267. The van der Waals surface area contributed by atoms with E-state index in [1.165, 1.54) is 18.2 Å². The molecule has 4 N–H and O–H groups in total. The number of rotatable bonds is 2. The molecule has 1 aromatic heterocycles. The maximum Gasteiger partial charge on any atom is 0.426 e. The number of fused-ring (bicyclic) bond motifs is 1. The maximum absolute atomic E-state index is 12.0. The molecule has 0 radical (unpaired) electrons. The summed E-state index contributed by atoms with van der Waals surface area (Å²) in [4.78, 5) is 37.2. The highest BCUT2D eigenvalue weighted by Crippen LogP contribution is 2.17. The van der Waals surface area contributed by atoms with Gasteiger partial charge in [-0.3, -0.25) is 10.2 Å². The predicted octanol–water partition coefficient (Wildman–Crippen LogP) is 2.04. The summed E-state index contributed by atoms with van der Waals surface area (Å²) in [5.41, 5.74) is 4.58. The third-order valence-electron chi connectivity index (χ3n) is 2.79. The Bertz CT molecular complexity index is 773. The van der Waals surface area contributed by atoms with Gasteiger partial charge < -0.3 is 14.8 Å². The van der Waals surface area contributed by atoms with Gasteiger partial charge in [0.05, 0.1) is 5.56 Å². The summed E-state index contributed by atoms with van der Waals surface area (Å²) < 4.78 is 4.98.